The van der Waals surface area contributed by atoms with E-state index in [2.05, 4.69) is 15.2 Å². The zero-order valence-corrected chi connectivity index (χ0v) is 13.9. The molecule has 124 valence electrons. The molecule has 0 aliphatic heterocycles. The second-order valence-electron chi connectivity index (χ2n) is 5.26. The van der Waals surface area contributed by atoms with Crippen molar-refractivity contribution in [1.29, 1.82) is 0 Å². The maximum Gasteiger partial charge on any atom is 0.226 e. The van der Waals surface area contributed by atoms with Gasteiger partial charge in [0, 0.05) is 17.0 Å². The second-order valence-corrected chi connectivity index (χ2v) is 6.20. The Hall–Kier alpha value is -2.93. The smallest absolute Gasteiger partial charge is 0.226 e. The van der Waals surface area contributed by atoms with Crippen LogP contribution in [0.4, 0.5) is 4.39 Å². The van der Waals surface area contributed by atoms with Crippen LogP contribution in [0.3, 0.4) is 0 Å². The van der Waals surface area contributed by atoms with E-state index >= 15 is 0 Å². The maximum absolute atomic E-state index is 13.3. The molecule has 2 aromatic heterocycles. The predicted molar refractivity (Wildman–Crippen MR) is 92.8 cm³/mol. The van der Waals surface area contributed by atoms with E-state index in [9.17, 15) is 4.39 Å². The van der Waals surface area contributed by atoms with Crippen molar-refractivity contribution < 1.29 is 8.81 Å². The SMILES string of the molecule is Fc1cccc(-c2nc(CSc3nncn3-c3ccccc3)co2)c1. The molecule has 7 heteroatoms. The zero-order chi connectivity index (χ0) is 17.1. The number of para-hydroxylation sites is 1. The van der Waals surface area contributed by atoms with Crippen LogP contribution in [0.25, 0.3) is 17.1 Å². The van der Waals surface area contributed by atoms with Crippen molar-refractivity contribution in [2.24, 2.45) is 0 Å². The third-order valence-electron chi connectivity index (χ3n) is 3.52. The molecule has 0 amide bonds. The molecular formula is C18H13FN4OS. The number of nitrogens with zero attached hydrogens (tertiary/aromatic N) is 4. The van der Waals surface area contributed by atoms with Crippen molar-refractivity contribution in [3.05, 3.63) is 78.7 Å². The van der Waals surface area contributed by atoms with Crippen molar-refractivity contribution in [2.75, 3.05) is 0 Å². The molecule has 0 unspecified atom stereocenters. The van der Waals surface area contributed by atoms with Gasteiger partial charge in [0.25, 0.3) is 0 Å². The van der Waals surface area contributed by atoms with Gasteiger partial charge in [-0.1, -0.05) is 36.0 Å². The number of hydrogen-bond donors (Lipinski definition) is 0. The van der Waals surface area contributed by atoms with Crippen LogP contribution in [-0.4, -0.2) is 19.7 Å². The van der Waals surface area contributed by atoms with Gasteiger partial charge in [-0.2, -0.15) is 0 Å². The monoisotopic (exact) mass is 352 g/mol. The van der Waals surface area contributed by atoms with Gasteiger partial charge in [0.2, 0.25) is 5.89 Å². The fourth-order valence-corrected chi connectivity index (χ4v) is 3.16. The van der Waals surface area contributed by atoms with Crippen LogP contribution in [-0.2, 0) is 5.75 Å². The Morgan fingerprint density at radius 1 is 1.08 bits per heavy atom. The molecule has 0 aliphatic rings. The molecule has 2 aromatic carbocycles. The summed E-state index contributed by atoms with van der Waals surface area (Å²) in [5, 5.41) is 8.90. The second kappa shape index (κ2) is 6.90. The van der Waals surface area contributed by atoms with Crippen LogP contribution in [0, 0.1) is 5.82 Å². The van der Waals surface area contributed by atoms with E-state index in [1.807, 2.05) is 34.9 Å². The molecule has 4 rings (SSSR count). The highest BCUT2D eigenvalue weighted by molar-refractivity contribution is 7.98. The molecular weight excluding hydrogens is 339 g/mol. The van der Waals surface area contributed by atoms with Crippen LogP contribution >= 0.6 is 11.8 Å². The average molecular weight is 352 g/mol. The van der Waals surface area contributed by atoms with Crippen LogP contribution in [0.5, 0.6) is 0 Å². The van der Waals surface area contributed by atoms with Crippen molar-refractivity contribution in [3.8, 4) is 17.1 Å². The molecule has 0 atom stereocenters. The summed E-state index contributed by atoms with van der Waals surface area (Å²) >= 11 is 1.51. The van der Waals surface area contributed by atoms with Crippen LogP contribution in [0.2, 0.25) is 0 Å². The van der Waals surface area contributed by atoms with Crippen LogP contribution < -0.4 is 0 Å². The highest BCUT2D eigenvalue weighted by Gasteiger charge is 2.11. The van der Waals surface area contributed by atoms with Gasteiger partial charge in [-0.15, -0.1) is 10.2 Å². The predicted octanol–water partition coefficient (Wildman–Crippen LogP) is 4.35. The van der Waals surface area contributed by atoms with Gasteiger partial charge in [-0.3, -0.25) is 4.57 Å². The molecule has 0 spiro atoms. The van der Waals surface area contributed by atoms with E-state index in [1.165, 1.54) is 23.9 Å². The van der Waals surface area contributed by atoms with Gasteiger partial charge in [0.15, 0.2) is 5.16 Å². The maximum atomic E-state index is 13.3. The standard InChI is InChI=1S/C18H13FN4OS/c19-14-6-4-5-13(9-14)17-21-15(10-24-17)11-25-18-22-20-12-23(18)16-7-2-1-3-8-16/h1-10,12H,11H2. The first-order valence-corrected chi connectivity index (χ1v) is 8.57. The van der Waals surface area contributed by atoms with Crippen LogP contribution in [0.1, 0.15) is 5.69 Å². The number of halogens is 1. The molecule has 25 heavy (non-hydrogen) atoms. The van der Waals surface area contributed by atoms with Gasteiger partial charge < -0.3 is 4.42 Å². The molecule has 0 radical (unpaired) electrons. The Kier molecular flexibility index (Phi) is 4.30. The molecule has 0 aliphatic carbocycles. The summed E-state index contributed by atoms with van der Waals surface area (Å²) < 4.78 is 20.7. The molecule has 0 fully saturated rings. The van der Waals surface area contributed by atoms with E-state index in [4.69, 9.17) is 4.42 Å². The van der Waals surface area contributed by atoms with Gasteiger partial charge in [-0.25, -0.2) is 9.37 Å². The molecule has 0 saturated heterocycles. The Morgan fingerprint density at radius 3 is 2.80 bits per heavy atom. The lowest BCUT2D eigenvalue weighted by molar-refractivity contribution is 0.571. The summed E-state index contributed by atoms with van der Waals surface area (Å²) in [5.41, 5.74) is 2.37. The molecule has 4 aromatic rings. The number of benzene rings is 2. The third kappa shape index (κ3) is 3.46. The third-order valence-corrected chi connectivity index (χ3v) is 4.50. The van der Waals surface area contributed by atoms with Crippen LogP contribution in [0.15, 0.2) is 76.8 Å². The lowest BCUT2D eigenvalue weighted by Crippen LogP contribution is -1.95. The molecule has 0 N–H and O–H groups in total. The number of rotatable bonds is 5. The van der Waals surface area contributed by atoms with Gasteiger partial charge in [-0.05, 0) is 30.3 Å². The lowest BCUT2D eigenvalue weighted by atomic mass is 10.2. The Balaban J connectivity index is 1.49. The minimum Gasteiger partial charge on any atom is -0.444 e. The topological polar surface area (TPSA) is 56.7 Å². The molecule has 0 saturated carbocycles. The van der Waals surface area contributed by atoms with Crippen molar-refractivity contribution >= 4 is 11.8 Å². The Morgan fingerprint density at radius 2 is 1.96 bits per heavy atom. The quantitative estimate of drug-likeness (QED) is 0.500. The van der Waals surface area contributed by atoms with E-state index in [0.717, 1.165) is 16.5 Å². The first-order chi connectivity index (χ1) is 12.3. The summed E-state index contributed by atoms with van der Waals surface area (Å²) in [6.45, 7) is 0. The molecule has 2 heterocycles. The van der Waals surface area contributed by atoms with E-state index in [1.54, 1.807) is 24.7 Å². The van der Waals surface area contributed by atoms with Crippen molar-refractivity contribution in [3.63, 3.8) is 0 Å². The first kappa shape index (κ1) is 15.6. The normalized spacial score (nSPS) is 10.9. The van der Waals surface area contributed by atoms with E-state index in [-0.39, 0.29) is 5.82 Å². The molecule has 0 bridgehead atoms. The summed E-state index contributed by atoms with van der Waals surface area (Å²) in [4.78, 5) is 4.41. The summed E-state index contributed by atoms with van der Waals surface area (Å²) in [6, 6.07) is 16.1. The van der Waals surface area contributed by atoms with Gasteiger partial charge in [0.05, 0.1) is 5.69 Å². The molecule has 5 nitrogen and oxygen atoms in total. The highest BCUT2D eigenvalue weighted by atomic mass is 32.2. The summed E-state index contributed by atoms with van der Waals surface area (Å²) in [6.07, 6.45) is 3.26. The van der Waals surface area contributed by atoms with Crippen molar-refractivity contribution in [1.82, 2.24) is 19.7 Å². The number of hydrogen-bond acceptors (Lipinski definition) is 5. The zero-order valence-electron chi connectivity index (χ0n) is 13.0. The average Bonchev–Trinajstić information content (AvgIpc) is 3.30. The number of aromatic nitrogens is 4. The van der Waals surface area contributed by atoms with Crippen molar-refractivity contribution in [2.45, 2.75) is 10.9 Å². The lowest BCUT2D eigenvalue weighted by Gasteiger charge is -2.04. The summed E-state index contributed by atoms with van der Waals surface area (Å²) in [7, 11) is 0. The minimum atomic E-state index is -0.317. The van der Waals surface area contributed by atoms with Gasteiger partial charge in [0.1, 0.15) is 18.4 Å². The minimum absolute atomic E-state index is 0.317. The Labute approximate surface area is 147 Å². The largest absolute Gasteiger partial charge is 0.444 e. The van der Waals surface area contributed by atoms with Gasteiger partial charge >= 0.3 is 0 Å². The van der Waals surface area contributed by atoms with E-state index in [0.29, 0.717) is 17.2 Å². The van der Waals surface area contributed by atoms with E-state index < -0.39 is 0 Å². The fraction of sp³-hybridized carbons (Fsp3) is 0.0556. The summed E-state index contributed by atoms with van der Waals surface area (Å²) in [5.74, 6) is 0.659. The highest BCUT2D eigenvalue weighted by Crippen LogP contribution is 2.25. The number of thioether (sulfide) groups is 1. The first-order valence-electron chi connectivity index (χ1n) is 7.58. The Bertz CT molecular complexity index is 983. The fourth-order valence-electron chi connectivity index (χ4n) is 2.35. The number of oxazole rings is 1.